The zero-order valence-corrected chi connectivity index (χ0v) is 14.3. The third-order valence-electron chi connectivity index (χ3n) is 3.77. The summed E-state index contributed by atoms with van der Waals surface area (Å²) < 4.78 is 1.83. The molecule has 0 atom stereocenters. The third kappa shape index (κ3) is 3.14. The molecule has 4 aromatic rings. The van der Waals surface area contributed by atoms with Crippen molar-refractivity contribution in [2.24, 2.45) is 0 Å². The van der Waals surface area contributed by atoms with Crippen LogP contribution in [0.4, 0.5) is 5.82 Å². The van der Waals surface area contributed by atoms with Crippen LogP contribution in [0.5, 0.6) is 0 Å². The monoisotopic (exact) mass is 349 g/mol. The number of amides is 1. The molecule has 0 aromatic carbocycles. The molecule has 0 saturated carbocycles. The van der Waals surface area contributed by atoms with Crippen LogP contribution in [0.15, 0.2) is 54.2 Å². The summed E-state index contributed by atoms with van der Waals surface area (Å²) in [5.74, 6) is 0.297. The number of pyridine rings is 2. The zero-order chi connectivity index (χ0) is 17.2. The predicted molar refractivity (Wildman–Crippen MR) is 97.9 cm³/mol. The van der Waals surface area contributed by atoms with Crippen LogP contribution in [0.25, 0.3) is 11.0 Å². The van der Waals surface area contributed by atoms with Crippen molar-refractivity contribution in [3.63, 3.8) is 0 Å². The summed E-state index contributed by atoms with van der Waals surface area (Å²) >= 11 is 1.67. The van der Waals surface area contributed by atoms with Crippen LogP contribution in [0.1, 0.15) is 20.9 Å². The maximum Gasteiger partial charge on any atom is 0.257 e. The molecule has 4 heterocycles. The quantitative estimate of drug-likeness (QED) is 0.612. The number of nitrogens with zero attached hydrogens (tertiary/aromatic N) is 4. The molecule has 7 heteroatoms. The Bertz CT molecular complexity index is 1020. The number of anilines is 1. The molecule has 0 aliphatic carbocycles. The van der Waals surface area contributed by atoms with E-state index in [9.17, 15) is 4.79 Å². The number of aryl methyl sites for hydroxylation is 1. The zero-order valence-electron chi connectivity index (χ0n) is 13.5. The first-order valence-electron chi connectivity index (χ1n) is 7.78. The first kappa shape index (κ1) is 15.5. The summed E-state index contributed by atoms with van der Waals surface area (Å²) in [5, 5.41) is 10.0. The molecule has 1 N–H and O–H groups in total. The van der Waals surface area contributed by atoms with E-state index in [0.29, 0.717) is 23.6 Å². The highest BCUT2D eigenvalue weighted by molar-refractivity contribution is 7.09. The van der Waals surface area contributed by atoms with Gasteiger partial charge in [0.05, 0.1) is 23.7 Å². The van der Waals surface area contributed by atoms with Gasteiger partial charge in [-0.25, -0.2) is 14.6 Å². The van der Waals surface area contributed by atoms with Gasteiger partial charge in [-0.05, 0) is 36.6 Å². The van der Waals surface area contributed by atoms with Gasteiger partial charge >= 0.3 is 0 Å². The molecule has 0 unspecified atom stereocenters. The average molecular weight is 349 g/mol. The van der Waals surface area contributed by atoms with E-state index in [0.717, 1.165) is 11.1 Å². The Balaban J connectivity index is 1.71. The molecule has 4 aromatic heterocycles. The lowest BCUT2D eigenvalue weighted by Gasteiger charge is -2.07. The molecule has 25 heavy (non-hydrogen) atoms. The van der Waals surface area contributed by atoms with E-state index in [1.807, 2.05) is 29.1 Å². The number of aromatic nitrogens is 4. The molecule has 0 radical (unpaired) electrons. The highest BCUT2D eigenvalue weighted by atomic mass is 32.1. The Morgan fingerprint density at radius 3 is 2.96 bits per heavy atom. The number of rotatable bonds is 4. The van der Waals surface area contributed by atoms with Gasteiger partial charge < -0.3 is 5.32 Å². The Hall–Kier alpha value is -3.06. The van der Waals surface area contributed by atoms with Crippen LogP contribution in [0.3, 0.4) is 0 Å². The van der Waals surface area contributed by atoms with E-state index in [1.54, 1.807) is 41.9 Å². The van der Waals surface area contributed by atoms with Crippen molar-refractivity contribution in [2.75, 3.05) is 5.32 Å². The van der Waals surface area contributed by atoms with Crippen LogP contribution >= 0.6 is 11.3 Å². The fourth-order valence-corrected chi connectivity index (χ4v) is 3.33. The van der Waals surface area contributed by atoms with Gasteiger partial charge in [0.2, 0.25) is 0 Å². The summed E-state index contributed by atoms with van der Waals surface area (Å²) in [6, 6.07) is 11.2. The Kier molecular flexibility index (Phi) is 3.99. The van der Waals surface area contributed by atoms with Crippen molar-refractivity contribution in [1.29, 1.82) is 0 Å². The molecule has 124 valence electrons. The van der Waals surface area contributed by atoms with E-state index in [1.165, 1.54) is 4.88 Å². The van der Waals surface area contributed by atoms with Gasteiger partial charge in [-0.3, -0.25) is 4.79 Å². The van der Waals surface area contributed by atoms with Gasteiger partial charge in [0.1, 0.15) is 5.82 Å². The summed E-state index contributed by atoms with van der Waals surface area (Å²) in [5.41, 5.74) is 2.02. The van der Waals surface area contributed by atoms with Crippen molar-refractivity contribution < 1.29 is 4.79 Å². The lowest BCUT2D eigenvalue weighted by atomic mass is 10.1. The summed E-state index contributed by atoms with van der Waals surface area (Å²) in [7, 11) is 0. The second kappa shape index (κ2) is 6.45. The third-order valence-corrected chi connectivity index (χ3v) is 4.64. The maximum absolute atomic E-state index is 12.7. The Morgan fingerprint density at radius 1 is 1.28 bits per heavy atom. The number of thiophene rings is 1. The highest BCUT2D eigenvalue weighted by Crippen LogP contribution is 2.21. The predicted octanol–water partition coefficient (Wildman–Crippen LogP) is 3.50. The Morgan fingerprint density at radius 2 is 2.20 bits per heavy atom. The summed E-state index contributed by atoms with van der Waals surface area (Å²) in [6.45, 7) is 2.51. The average Bonchev–Trinajstić information content (AvgIpc) is 3.26. The number of nitrogens with one attached hydrogen (secondary N) is 1. The fourth-order valence-electron chi connectivity index (χ4n) is 2.65. The lowest BCUT2D eigenvalue weighted by molar-refractivity contribution is 0.102. The molecule has 4 rings (SSSR count). The van der Waals surface area contributed by atoms with Crippen molar-refractivity contribution in [1.82, 2.24) is 19.7 Å². The smallest absolute Gasteiger partial charge is 0.257 e. The minimum absolute atomic E-state index is 0.218. The van der Waals surface area contributed by atoms with Crippen LogP contribution in [-0.2, 0) is 6.54 Å². The molecular formula is C18H15N5OS. The number of hydrogen-bond acceptors (Lipinski definition) is 5. The van der Waals surface area contributed by atoms with Crippen LogP contribution in [-0.4, -0.2) is 25.7 Å². The van der Waals surface area contributed by atoms with E-state index in [-0.39, 0.29) is 5.91 Å². The van der Waals surface area contributed by atoms with Crippen molar-refractivity contribution in [2.45, 2.75) is 13.5 Å². The molecule has 0 spiro atoms. The number of fused-ring (bicyclic) bond motifs is 1. The van der Waals surface area contributed by atoms with Crippen LogP contribution in [0, 0.1) is 6.92 Å². The SMILES string of the molecule is Cc1cc(C(=O)Nc2ccccn2)c2cnn(Cc3cccs3)c2n1. The molecule has 0 aliphatic rings. The highest BCUT2D eigenvalue weighted by Gasteiger charge is 2.16. The molecular weight excluding hydrogens is 334 g/mol. The van der Waals surface area contributed by atoms with Crippen molar-refractivity contribution in [3.8, 4) is 0 Å². The summed E-state index contributed by atoms with van der Waals surface area (Å²) in [4.78, 5) is 22.6. The topological polar surface area (TPSA) is 72.7 Å². The fraction of sp³-hybridized carbons (Fsp3) is 0.111. The van der Waals surface area contributed by atoms with E-state index in [2.05, 4.69) is 26.4 Å². The second-order valence-electron chi connectivity index (χ2n) is 5.60. The van der Waals surface area contributed by atoms with Crippen molar-refractivity contribution >= 4 is 34.1 Å². The van der Waals surface area contributed by atoms with Crippen molar-refractivity contribution in [3.05, 3.63) is 70.3 Å². The normalized spacial score (nSPS) is 10.9. The minimum Gasteiger partial charge on any atom is -0.307 e. The molecule has 6 nitrogen and oxygen atoms in total. The first-order valence-corrected chi connectivity index (χ1v) is 8.66. The Labute approximate surface area is 148 Å². The van der Waals surface area contributed by atoms with Gasteiger partial charge in [-0.1, -0.05) is 12.1 Å². The van der Waals surface area contributed by atoms with Gasteiger partial charge in [-0.2, -0.15) is 5.10 Å². The van der Waals surface area contributed by atoms with Gasteiger partial charge in [0, 0.05) is 16.8 Å². The lowest BCUT2D eigenvalue weighted by Crippen LogP contribution is -2.14. The molecule has 0 bridgehead atoms. The van der Waals surface area contributed by atoms with Gasteiger partial charge in [-0.15, -0.1) is 11.3 Å². The van der Waals surface area contributed by atoms with E-state index in [4.69, 9.17) is 0 Å². The number of hydrogen-bond donors (Lipinski definition) is 1. The van der Waals surface area contributed by atoms with Gasteiger partial charge in [0.25, 0.3) is 5.91 Å². The second-order valence-corrected chi connectivity index (χ2v) is 6.63. The molecule has 0 fully saturated rings. The first-order chi connectivity index (χ1) is 12.2. The number of carbonyl (C=O) groups is 1. The minimum atomic E-state index is -0.218. The van der Waals surface area contributed by atoms with Crippen LogP contribution in [0.2, 0.25) is 0 Å². The maximum atomic E-state index is 12.7. The van der Waals surface area contributed by atoms with Crippen LogP contribution < -0.4 is 5.32 Å². The standard InChI is InChI=1S/C18H15N5OS/c1-12-9-14(18(24)22-16-6-2-3-7-19-16)15-10-20-23(17(15)21-12)11-13-5-4-8-25-13/h2-10H,11H2,1H3,(H,19,22,24). The largest absolute Gasteiger partial charge is 0.307 e. The van der Waals surface area contributed by atoms with Gasteiger partial charge in [0.15, 0.2) is 5.65 Å². The summed E-state index contributed by atoms with van der Waals surface area (Å²) in [6.07, 6.45) is 3.34. The molecule has 0 saturated heterocycles. The number of carbonyl (C=O) groups excluding carboxylic acids is 1. The molecule has 1 amide bonds. The van der Waals surface area contributed by atoms with E-state index >= 15 is 0 Å². The molecule has 0 aliphatic heterocycles. The van der Waals surface area contributed by atoms with E-state index < -0.39 is 0 Å².